The van der Waals surface area contributed by atoms with Gasteiger partial charge in [-0.15, -0.1) is 0 Å². The molecule has 0 aromatic heterocycles. The van der Waals surface area contributed by atoms with Crippen molar-refractivity contribution in [3.63, 3.8) is 0 Å². The molecule has 0 spiro atoms. The third-order valence-corrected chi connectivity index (χ3v) is 3.67. The molecule has 0 aliphatic carbocycles. The molecule has 0 saturated heterocycles. The Morgan fingerprint density at radius 2 is 1.75 bits per heavy atom. The Bertz CT molecular complexity index is 74.9. The maximum absolute atomic E-state index is 6.17. The first-order valence-electron chi connectivity index (χ1n) is 2.64. The molecule has 0 bridgehead atoms. The first-order valence-corrected chi connectivity index (χ1v) is 7.94. The van der Waals surface area contributed by atoms with Crippen molar-refractivity contribution in [2.24, 2.45) is 0 Å². The van der Waals surface area contributed by atoms with Gasteiger partial charge in [0.1, 0.15) is 0 Å². The van der Waals surface area contributed by atoms with Crippen LogP contribution < -0.4 is 0 Å². The summed E-state index contributed by atoms with van der Waals surface area (Å²) in [5.74, 6) is -0.801. The zero-order valence-corrected chi connectivity index (χ0v) is 8.23. The van der Waals surface area contributed by atoms with Crippen LogP contribution in [-0.2, 0) is 0 Å². The molecule has 0 heterocycles. The van der Waals surface area contributed by atoms with Gasteiger partial charge in [-0.3, -0.25) is 0 Å². The number of halogens is 1. The zero-order chi connectivity index (χ0) is 6.86. The second kappa shape index (κ2) is 2.36. The van der Waals surface area contributed by atoms with E-state index in [4.69, 9.17) is 11.2 Å². The summed E-state index contributed by atoms with van der Waals surface area (Å²) in [5.41, 5.74) is 0. The molecular formula is C5H14ClPS. The normalized spacial score (nSPS) is 17.4. The van der Waals surface area contributed by atoms with Crippen molar-refractivity contribution < 1.29 is 0 Å². The number of hydrogen-bond donors (Lipinski definition) is 1. The topological polar surface area (TPSA) is 0 Å². The molecule has 0 aliphatic rings. The predicted octanol–water partition coefficient (Wildman–Crippen LogP) is 2.51. The molecule has 52 valence electrons. The van der Waals surface area contributed by atoms with Crippen molar-refractivity contribution >= 4 is 29.8 Å². The fourth-order valence-corrected chi connectivity index (χ4v) is 3.72. The predicted molar refractivity (Wildman–Crippen MR) is 49.3 cm³/mol. The van der Waals surface area contributed by atoms with Gasteiger partial charge < -0.3 is 0 Å². The molecule has 3 heteroatoms. The summed E-state index contributed by atoms with van der Waals surface area (Å²) in [6, 6.07) is 0. The van der Waals surface area contributed by atoms with Gasteiger partial charge in [0.05, 0.1) is 0 Å². The van der Waals surface area contributed by atoms with Crippen LogP contribution in [0.25, 0.3) is 0 Å². The molecular weight excluding hydrogens is 159 g/mol. The van der Waals surface area contributed by atoms with Gasteiger partial charge in [-0.25, -0.2) is 0 Å². The molecule has 0 nitrogen and oxygen atoms in total. The quantitative estimate of drug-likeness (QED) is 0.480. The molecule has 0 rings (SSSR count). The Morgan fingerprint density at radius 1 is 1.38 bits per heavy atom. The number of rotatable bonds is 2. The summed E-state index contributed by atoms with van der Waals surface area (Å²) in [7, 11) is 0. The van der Waals surface area contributed by atoms with Gasteiger partial charge in [-0.1, -0.05) is 0 Å². The van der Waals surface area contributed by atoms with Crippen LogP contribution in [0.2, 0.25) is 0 Å². The van der Waals surface area contributed by atoms with E-state index in [-0.39, 0.29) is 0 Å². The third-order valence-electron chi connectivity index (χ3n) is 0.855. The Morgan fingerprint density at radius 3 is 1.75 bits per heavy atom. The Labute approximate surface area is 62.1 Å². The van der Waals surface area contributed by atoms with Crippen molar-refractivity contribution in [3.05, 3.63) is 0 Å². The van der Waals surface area contributed by atoms with E-state index in [9.17, 15) is 0 Å². The van der Waals surface area contributed by atoms with E-state index in [0.29, 0.717) is 0 Å². The Balaban J connectivity index is 3.73. The molecule has 0 saturated carbocycles. The fourth-order valence-electron chi connectivity index (χ4n) is 0.338. The van der Waals surface area contributed by atoms with E-state index in [1.54, 1.807) is 0 Å². The third kappa shape index (κ3) is 7.07. The number of hydrogen-bond acceptors (Lipinski definition) is 1. The van der Waals surface area contributed by atoms with Crippen molar-refractivity contribution in [2.75, 3.05) is 31.9 Å². The summed E-state index contributed by atoms with van der Waals surface area (Å²) in [4.78, 5) is 0. The molecule has 0 unspecified atom stereocenters. The molecule has 0 amide bonds. The second-order valence-electron chi connectivity index (χ2n) is 3.36. The van der Waals surface area contributed by atoms with E-state index in [1.165, 1.54) is 0 Å². The van der Waals surface area contributed by atoms with Crippen LogP contribution in [0.4, 0.5) is 0 Å². The standard InChI is InChI=1S/C5H14ClPS/c1-7(2,3,6)4-5-8/h8H,4-5H2,1-3H3. The van der Waals surface area contributed by atoms with Crippen LogP contribution in [0.15, 0.2) is 0 Å². The molecule has 0 N–H and O–H groups in total. The van der Waals surface area contributed by atoms with E-state index in [1.807, 2.05) is 0 Å². The average molecular weight is 173 g/mol. The maximum atomic E-state index is 6.17. The minimum absolute atomic E-state index is 0.908. The first-order chi connectivity index (χ1) is 3.31. The van der Waals surface area contributed by atoms with E-state index in [2.05, 4.69) is 32.6 Å². The average Bonchev–Trinajstić information content (AvgIpc) is 1.25. The molecule has 0 atom stereocenters. The SMILES string of the molecule is CP(C)(C)(Cl)CCS. The molecule has 0 aliphatic heterocycles. The van der Waals surface area contributed by atoms with Gasteiger partial charge in [-0.2, -0.15) is 0 Å². The van der Waals surface area contributed by atoms with E-state index in [0.717, 1.165) is 11.9 Å². The van der Waals surface area contributed by atoms with Crippen LogP contribution in [0, 0.1) is 0 Å². The van der Waals surface area contributed by atoms with Crippen molar-refractivity contribution in [2.45, 2.75) is 0 Å². The van der Waals surface area contributed by atoms with Crippen LogP contribution >= 0.6 is 29.8 Å². The first kappa shape index (κ1) is 9.07. The van der Waals surface area contributed by atoms with Crippen LogP contribution in [-0.4, -0.2) is 31.9 Å². The molecule has 0 aromatic carbocycles. The van der Waals surface area contributed by atoms with Gasteiger partial charge in [0, 0.05) is 0 Å². The summed E-state index contributed by atoms with van der Waals surface area (Å²) in [6.45, 7) is 6.43. The minimum atomic E-state index is -1.71. The zero-order valence-electron chi connectivity index (χ0n) is 5.69. The number of thiol groups is 1. The second-order valence-corrected chi connectivity index (χ2v) is 13.9. The van der Waals surface area contributed by atoms with Gasteiger partial charge in [0.25, 0.3) is 0 Å². The molecule has 0 aromatic rings. The Kier molecular flexibility index (Phi) is 2.68. The van der Waals surface area contributed by atoms with Gasteiger partial charge >= 0.3 is 61.7 Å². The molecule has 0 fully saturated rings. The summed E-state index contributed by atoms with van der Waals surface area (Å²) >= 11 is 10.3. The van der Waals surface area contributed by atoms with Crippen LogP contribution in [0.1, 0.15) is 0 Å². The van der Waals surface area contributed by atoms with Crippen LogP contribution in [0.3, 0.4) is 0 Å². The van der Waals surface area contributed by atoms with Gasteiger partial charge in [-0.05, 0) is 0 Å². The summed E-state index contributed by atoms with van der Waals surface area (Å²) in [5, 5.41) is 0. The monoisotopic (exact) mass is 172 g/mol. The van der Waals surface area contributed by atoms with Gasteiger partial charge in [0.2, 0.25) is 0 Å². The fraction of sp³-hybridized carbons (Fsp3) is 1.00. The van der Waals surface area contributed by atoms with Crippen molar-refractivity contribution in [3.8, 4) is 0 Å². The summed E-state index contributed by atoms with van der Waals surface area (Å²) < 4.78 is 0. The van der Waals surface area contributed by atoms with E-state index >= 15 is 0 Å². The summed E-state index contributed by atoms with van der Waals surface area (Å²) in [6.07, 6.45) is 1.07. The Hall–Kier alpha value is 1.07. The van der Waals surface area contributed by atoms with E-state index < -0.39 is 5.96 Å². The van der Waals surface area contributed by atoms with Gasteiger partial charge in [0.15, 0.2) is 0 Å². The molecule has 8 heavy (non-hydrogen) atoms. The van der Waals surface area contributed by atoms with Crippen LogP contribution in [0.5, 0.6) is 0 Å². The van der Waals surface area contributed by atoms with Crippen molar-refractivity contribution in [1.29, 1.82) is 0 Å². The molecule has 0 radical (unpaired) electrons. The van der Waals surface area contributed by atoms with Crippen molar-refractivity contribution in [1.82, 2.24) is 0 Å².